The maximum atomic E-state index is 7.48. The number of hydrogen-bond donors (Lipinski definition) is 0. The Morgan fingerprint density at radius 3 is 1.54 bits per heavy atom. The van der Waals surface area contributed by atoms with Gasteiger partial charge in [-0.3, -0.25) is 0 Å². The normalized spacial score (nSPS) is 38.3. The molecule has 3 aliphatic rings. The van der Waals surface area contributed by atoms with Crippen molar-refractivity contribution in [2.45, 2.75) is 185 Å². The van der Waals surface area contributed by atoms with Gasteiger partial charge in [0, 0.05) is 18.3 Å². The molecule has 25 heteroatoms. The largest absolute Gasteiger partial charge is 0.441 e. The Hall–Kier alpha value is 2.34. The Morgan fingerprint density at radius 1 is 0.556 bits per heavy atom. The first-order valence-electron chi connectivity index (χ1n) is 20.8. The summed E-state index contributed by atoms with van der Waals surface area (Å²) in [5, 5.41) is 0. The predicted octanol–water partition coefficient (Wildman–Crippen LogP) is 5.70. The van der Waals surface area contributed by atoms with Gasteiger partial charge >= 0.3 is 45.0 Å². The van der Waals surface area contributed by atoms with E-state index in [9.17, 15) is 0 Å². The van der Waals surface area contributed by atoms with Crippen LogP contribution in [0.1, 0.15) is 20.8 Å². The third-order valence-electron chi connectivity index (χ3n) is 10.2. The zero-order valence-electron chi connectivity index (χ0n) is 37.1. The fourth-order valence-electron chi connectivity index (χ4n) is 8.52. The van der Waals surface area contributed by atoms with Crippen LogP contribution in [0, 0.1) is 0 Å². The summed E-state index contributed by atoms with van der Waals surface area (Å²) >= 11 is 0. The molecule has 13 atom stereocenters. The third-order valence-corrected chi connectivity index (χ3v) is 56.0. The van der Waals surface area contributed by atoms with Gasteiger partial charge in [-0.05, 0) is 167 Å². The van der Waals surface area contributed by atoms with Gasteiger partial charge in [0.1, 0.15) is 0 Å². The topological polar surface area (TPSA) is 111 Å². The van der Waals surface area contributed by atoms with Crippen LogP contribution in [-0.2, 0) is 50.3 Å². The lowest BCUT2D eigenvalue weighted by atomic mass is 10.5. The van der Waals surface area contributed by atoms with Crippen LogP contribution in [0.2, 0.25) is 146 Å². The summed E-state index contributed by atoms with van der Waals surface area (Å²) in [5.41, 5.74) is 0. The highest BCUT2D eigenvalue weighted by Gasteiger charge is 2.49. The standard InChI is InChI=1S/C29H80O12Si13/c1-27-24-42(4)33-45(7)36-48(31-27)18-20-50(10,11)39-52(14,15)41-54(17,23-22-53(16)26-29(3)30-44(6)35-47(9)38-53)40-51(12,13)21-19-49-32-28(2)25-43(5)34-46(8)37-49/h27-29,42-49H,18-26H2,1-17H3. The second kappa shape index (κ2) is 21.9. The van der Waals surface area contributed by atoms with Crippen LogP contribution in [0.25, 0.3) is 0 Å². The molecule has 13 unspecified atom stereocenters. The molecule has 0 amide bonds. The van der Waals surface area contributed by atoms with E-state index >= 15 is 0 Å². The van der Waals surface area contributed by atoms with Crippen LogP contribution < -0.4 is 0 Å². The summed E-state index contributed by atoms with van der Waals surface area (Å²) in [6.07, 6.45) is 0.561. The highest BCUT2D eigenvalue weighted by atomic mass is 28.5. The Kier molecular flexibility index (Phi) is 20.6. The monoisotopic (exact) mass is 984 g/mol. The highest BCUT2D eigenvalue weighted by Crippen LogP contribution is 2.36. The van der Waals surface area contributed by atoms with Crippen molar-refractivity contribution in [3.05, 3.63) is 0 Å². The molecule has 0 aromatic heterocycles. The summed E-state index contributed by atoms with van der Waals surface area (Å²) in [6, 6.07) is 8.78. The molecule has 0 saturated carbocycles. The summed E-state index contributed by atoms with van der Waals surface area (Å²) in [7, 11) is -24.9. The molecule has 0 spiro atoms. The second-order valence-electron chi connectivity index (χ2n) is 18.5. The van der Waals surface area contributed by atoms with E-state index < -0.39 is 116 Å². The van der Waals surface area contributed by atoms with Crippen LogP contribution in [0.3, 0.4) is 0 Å². The van der Waals surface area contributed by atoms with Gasteiger partial charge in [0.05, 0.1) is 0 Å². The fourth-order valence-corrected chi connectivity index (χ4v) is 63.3. The lowest BCUT2D eigenvalue weighted by Gasteiger charge is -2.44. The Labute approximate surface area is 349 Å². The van der Waals surface area contributed by atoms with Gasteiger partial charge in [-0.1, -0.05) is 0 Å². The van der Waals surface area contributed by atoms with Gasteiger partial charge in [-0.15, -0.1) is 0 Å². The van der Waals surface area contributed by atoms with Crippen molar-refractivity contribution in [2.75, 3.05) is 0 Å². The molecule has 0 aliphatic carbocycles. The van der Waals surface area contributed by atoms with Crippen LogP contribution in [-0.4, -0.2) is 134 Å². The van der Waals surface area contributed by atoms with E-state index in [4.69, 9.17) is 50.3 Å². The fraction of sp³-hybridized carbons (Fsp3) is 1.00. The smallest absolute Gasteiger partial charge is 0.315 e. The average Bonchev–Trinajstić information content (AvgIpc) is 2.93. The van der Waals surface area contributed by atoms with Gasteiger partial charge in [0.2, 0.25) is 0 Å². The van der Waals surface area contributed by atoms with E-state index in [1.54, 1.807) is 0 Å². The van der Waals surface area contributed by atoms with E-state index in [-0.39, 0.29) is 18.3 Å². The Morgan fingerprint density at radius 2 is 1.04 bits per heavy atom. The van der Waals surface area contributed by atoms with Crippen molar-refractivity contribution in [3.63, 3.8) is 0 Å². The SMILES string of the molecule is CC1C[Si](C)(CC[Si](C)(O[Si](C)(C)CC[SiH]2OC(C)C[SiH](C)O[SiH](C)O2)O[Si](C)(C)O[Si](C)(C)CC[SiH]2OC(C)C[SiH](C)O[SiH](C)O2)O[SiH](C)O[SiH](C)O1. The quantitative estimate of drug-likeness (QED) is 0.188. The van der Waals surface area contributed by atoms with Gasteiger partial charge in [0.15, 0.2) is 43.0 Å². The van der Waals surface area contributed by atoms with Crippen molar-refractivity contribution in [1.82, 2.24) is 0 Å². The van der Waals surface area contributed by atoms with Crippen molar-refractivity contribution >= 4 is 116 Å². The van der Waals surface area contributed by atoms with E-state index in [1.165, 1.54) is 0 Å². The second-order valence-corrected chi connectivity index (χ2v) is 57.1. The van der Waals surface area contributed by atoms with Crippen molar-refractivity contribution in [2.24, 2.45) is 0 Å². The summed E-state index contributed by atoms with van der Waals surface area (Å²) < 4.78 is 80.5. The van der Waals surface area contributed by atoms with Crippen LogP contribution in [0.5, 0.6) is 0 Å². The minimum absolute atomic E-state index is 0.142. The molecule has 0 aromatic carbocycles. The van der Waals surface area contributed by atoms with Crippen molar-refractivity contribution in [1.29, 1.82) is 0 Å². The molecule has 3 aliphatic heterocycles. The molecule has 0 radical (unpaired) electrons. The molecule has 3 saturated heterocycles. The molecule has 0 aromatic rings. The van der Waals surface area contributed by atoms with Crippen LogP contribution in [0.4, 0.5) is 0 Å². The summed E-state index contributed by atoms with van der Waals surface area (Å²) in [4.78, 5) is 0. The van der Waals surface area contributed by atoms with Crippen molar-refractivity contribution in [3.8, 4) is 0 Å². The van der Waals surface area contributed by atoms with E-state index in [0.717, 1.165) is 54.4 Å². The van der Waals surface area contributed by atoms with Crippen molar-refractivity contribution < 1.29 is 50.3 Å². The number of rotatable bonds is 15. The van der Waals surface area contributed by atoms with Crippen LogP contribution >= 0.6 is 0 Å². The molecular weight excluding hydrogens is 905 g/mol. The van der Waals surface area contributed by atoms with Gasteiger partial charge in [-0.2, -0.15) is 0 Å². The Balaban J connectivity index is 1.76. The predicted molar refractivity (Wildman–Crippen MR) is 253 cm³/mol. The zero-order chi connectivity index (χ0) is 40.7. The zero-order valence-corrected chi connectivity index (χ0v) is 51.4. The lowest BCUT2D eigenvalue weighted by molar-refractivity contribution is 0.184. The minimum atomic E-state index is -2.78. The molecule has 320 valence electrons. The van der Waals surface area contributed by atoms with Gasteiger partial charge in [-0.25, -0.2) is 0 Å². The first-order chi connectivity index (χ1) is 24.7. The Bertz CT molecular complexity index is 1100. The van der Waals surface area contributed by atoms with E-state index in [2.05, 4.69) is 112 Å². The summed E-state index contributed by atoms with van der Waals surface area (Å²) in [5.74, 6) is 0. The maximum absolute atomic E-state index is 7.48. The van der Waals surface area contributed by atoms with Gasteiger partial charge < -0.3 is 50.3 Å². The van der Waals surface area contributed by atoms with E-state index in [1.807, 2.05) is 0 Å². The lowest BCUT2D eigenvalue weighted by Crippen LogP contribution is -2.59. The van der Waals surface area contributed by atoms with Gasteiger partial charge in [0.25, 0.3) is 27.9 Å². The summed E-state index contributed by atoms with van der Waals surface area (Å²) in [6.45, 7) is 38.2. The third kappa shape index (κ3) is 19.4. The molecule has 54 heavy (non-hydrogen) atoms. The highest BCUT2D eigenvalue weighted by molar-refractivity contribution is 6.91. The average molecular weight is 986 g/mol. The van der Waals surface area contributed by atoms with E-state index in [0.29, 0.717) is 0 Å². The first-order valence-corrected chi connectivity index (χ1v) is 51.9. The molecule has 12 nitrogen and oxygen atoms in total. The molecular formula is C29H80O12Si13. The molecule has 3 fully saturated rings. The minimum Gasteiger partial charge on any atom is -0.441 e. The molecule has 0 N–H and O–H groups in total. The van der Waals surface area contributed by atoms with Crippen LogP contribution in [0.15, 0.2) is 0 Å². The number of hydrogen-bond acceptors (Lipinski definition) is 12. The molecule has 0 bridgehead atoms. The molecule has 3 heterocycles. The molecule has 3 rings (SSSR count). The first kappa shape index (κ1) is 50.7. The maximum Gasteiger partial charge on any atom is 0.315 e.